The minimum Gasteiger partial charge on any atom is -0.481 e. The third-order valence-electron chi connectivity index (χ3n) is 4.27. The second-order valence-electron chi connectivity index (χ2n) is 6.85. The maximum atomic E-state index is 12.0. The Morgan fingerprint density at radius 3 is 2.40 bits per heavy atom. The van der Waals surface area contributed by atoms with Crippen LogP contribution in [0.4, 0.5) is 4.79 Å². The van der Waals surface area contributed by atoms with Gasteiger partial charge >= 0.3 is 12.1 Å². The monoisotopic (exact) mass is 284 g/mol. The first-order chi connectivity index (χ1) is 9.23. The van der Waals surface area contributed by atoms with Gasteiger partial charge < -0.3 is 20.1 Å². The van der Waals surface area contributed by atoms with Crippen molar-refractivity contribution in [3.63, 3.8) is 0 Å². The van der Waals surface area contributed by atoms with E-state index in [1.54, 1.807) is 4.90 Å². The molecule has 0 bridgehead atoms. The van der Waals surface area contributed by atoms with Gasteiger partial charge in [0.05, 0.1) is 5.92 Å². The maximum absolute atomic E-state index is 12.0. The number of carboxylic acid groups (broad SMARTS) is 1. The lowest BCUT2D eigenvalue weighted by Gasteiger charge is -2.41. The molecule has 6 heteroatoms. The summed E-state index contributed by atoms with van der Waals surface area (Å²) in [6.45, 7) is 7.93. The molecule has 2 rings (SSSR count). The van der Waals surface area contributed by atoms with Crippen molar-refractivity contribution >= 4 is 12.1 Å². The van der Waals surface area contributed by atoms with Crippen LogP contribution in [0.25, 0.3) is 0 Å². The van der Waals surface area contributed by atoms with Crippen molar-refractivity contribution in [3.8, 4) is 0 Å². The SMILES string of the molecule is CC(C)(C)OC(=O)N1CCC2(CC1)CNC[C@H]2C(=O)O. The minimum atomic E-state index is -0.735. The van der Waals surface area contributed by atoms with Gasteiger partial charge in [-0.15, -0.1) is 0 Å². The number of aliphatic carboxylic acids is 1. The number of likely N-dealkylation sites (tertiary alicyclic amines) is 1. The number of carboxylic acids is 1. The molecule has 2 heterocycles. The van der Waals surface area contributed by atoms with E-state index in [-0.39, 0.29) is 17.4 Å². The van der Waals surface area contributed by atoms with Crippen molar-refractivity contribution in [3.05, 3.63) is 0 Å². The Bertz CT molecular complexity index is 394. The van der Waals surface area contributed by atoms with Crippen molar-refractivity contribution in [2.45, 2.75) is 39.2 Å². The lowest BCUT2D eigenvalue weighted by molar-refractivity contribution is -0.145. The molecule has 114 valence electrons. The quantitative estimate of drug-likeness (QED) is 0.759. The minimum absolute atomic E-state index is 0.204. The summed E-state index contributed by atoms with van der Waals surface area (Å²) in [5, 5.41) is 12.5. The van der Waals surface area contributed by atoms with Crippen LogP contribution < -0.4 is 5.32 Å². The van der Waals surface area contributed by atoms with Gasteiger partial charge in [0.15, 0.2) is 0 Å². The third-order valence-corrected chi connectivity index (χ3v) is 4.27. The number of nitrogens with one attached hydrogen (secondary N) is 1. The van der Waals surface area contributed by atoms with Crippen LogP contribution >= 0.6 is 0 Å². The van der Waals surface area contributed by atoms with Crippen LogP contribution in [0.3, 0.4) is 0 Å². The van der Waals surface area contributed by atoms with Gasteiger partial charge in [0.2, 0.25) is 0 Å². The fraction of sp³-hybridized carbons (Fsp3) is 0.857. The standard InChI is InChI=1S/C14H24N2O4/c1-13(2,3)20-12(19)16-6-4-14(5-7-16)9-15-8-10(14)11(17)18/h10,15H,4-9H2,1-3H3,(H,17,18)/t10-/m0/s1. The zero-order chi connectivity index (χ0) is 15.0. The van der Waals surface area contributed by atoms with Crippen molar-refractivity contribution in [2.75, 3.05) is 26.2 Å². The van der Waals surface area contributed by atoms with Gasteiger partial charge in [0, 0.05) is 31.6 Å². The molecule has 0 aliphatic carbocycles. The van der Waals surface area contributed by atoms with Crippen LogP contribution in [-0.4, -0.2) is 53.8 Å². The Labute approximate surface area is 119 Å². The van der Waals surface area contributed by atoms with Gasteiger partial charge in [-0.2, -0.15) is 0 Å². The van der Waals surface area contributed by atoms with E-state index in [0.29, 0.717) is 19.6 Å². The predicted octanol–water partition coefficient (Wildman–Crippen LogP) is 1.31. The van der Waals surface area contributed by atoms with E-state index < -0.39 is 11.6 Å². The fourth-order valence-corrected chi connectivity index (χ4v) is 3.14. The number of carbonyl (C=O) groups excluding carboxylic acids is 1. The molecule has 1 amide bonds. The molecule has 0 aromatic heterocycles. The van der Waals surface area contributed by atoms with Gasteiger partial charge in [-0.1, -0.05) is 0 Å². The molecule has 0 aromatic carbocycles. The summed E-state index contributed by atoms with van der Waals surface area (Å²) in [6.07, 6.45) is 1.14. The molecule has 2 saturated heterocycles. The topological polar surface area (TPSA) is 78.9 Å². The largest absolute Gasteiger partial charge is 0.481 e. The molecule has 2 aliphatic rings. The van der Waals surface area contributed by atoms with Crippen molar-refractivity contribution < 1.29 is 19.4 Å². The fourth-order valence-electron chi connectivity index (χ4n) is 3.14. The molecule has 2 N–H and O–H groups in total. The van der Waals surface area contributed by atoms with Gasteiger partial charge in [-0.05, 0) is 33.6 Å². The molecule has 0 aromatic rings. The highest BCUT2D eigenvalue weighted by Crippen LogP contribution is 2.41. The number of piperidine rings is 1. The molecule has 20 heavy (non-hydrogen) atoms. The van der Waals surface area contributed by atoms with Crippen LogP contribution in [-0.2, 0) is 9.53 Å². The first kappa shape index (κ1) is 15.1. The Morgan fingerprint density at radius 1 is 1.30 bits per heavy atom. The summed E-state index contributed by atoms with van der Waals surface area (Å²) in [5.41, 5.74) is -0.699. The van der Waals surface area contributed by atoms with E-state index in [2.05, 4.69) is 5.32 Å². The molecule has 6 nitrogen and oxygen atoms in total. The normalized spacial score (nSPS) is 25.8. The van der Waals surface area contributed by atoms with Crippen LogP contribution in [0.1, 0.15) is 33.6 Å². The molecule has 1 atom stereocenters. The number of amides is 1. The lowest BCUT2D eigenvalue weighted by Crippen LogP contribution is -2.49. The van der Waals surface area contributed by atoms with Crippen molar-refractivity contribution in [1.82, 2.24) is 10.2 Å². The second kappa shape index (κ2) is 5.24. The second-order valence-corrected chi connectivity index (χ2v) is 6.85. The Hall–Kier alpha value is -1.30. The molecular weight excluding hydrogens is 260 g/mol. The van der Waals surface area contributed by atoms with Crippen molar-refractivity contribution in [1.29, 1.82) is 0 Å². The van der Waals surface area contributed by atoms with Gasteiger partial charge in [0.1, 0.15) is 5.60 Å². The molecule has 0 unspecified atom stereocenters. The van der Waals surface area contributed by atoms with Gasteiger partial charge in [0.25, 0.3) is 0 Å². The van der Waals surface area contributed by atoms with Crippen LogP contribution in [0.15, 0.2) is 0 Å². The highest BCUT2D eigenvalue weighted by molar-refractivity contribution is 5.72. The zero-order valence-electron chi connectivity index (χ0n) is 12.4. The molecule has 2 aliphatic heterocycles. The number of nitrogens with zero attached hydrogens (tertiary/aromatic N) is 1. The van der Waals surface area contributed by atoms with Crippen LogP contribution in [0.2, 0.25) is 0 Å². The van der Waals surface area contributed by atoms with Crippen LogP contribution in [0.5, 0.6) is 0 Å². The summed E-state index contributed by atoms with van der Waals surface area (Å²) < 4.78 is 5.36. The van der Waals surface area contributed by atoms with E-state index in [4.69, 9.17) is 4.74 Å². The van der Waals surface area contributed by atoms with Crippen LogP contribution in [0, 0.1) is 11.3 Å². The molecule has 0 saturated carbocycles. The summed E-state index contributed by atoms with van der Waals surface area (Å²) in [6, 6.07) is 0. The zero-order valence-corrected chi connectivity index (χ0v) is 12.4. The van der Waals surface area contributed by atoms with Crippen molar-refractivity contribution in [2.24, 2.45) is 11.3 Å². The molecular formula is C14H24N2O4. The van der Waals surface area contributed by atoms with E-state index >= 15 is 0 Å². The smallest absolute Gasteiger partial charge is 0.410 e. The number of carbonyl (C=O) groups is 2. The summed E-state index contributed by atoms with van der Waals surface area (Å²) in [7, 11) is 0. The molecule has 2 fully saturated rings. The van der Waals surface area contributed by atoms with E-state index in [0.717, 1.165) is 19.4 Å². The van der Waals surface area contributed by atoms with E-state index in [1.807, 2.05) is 20.8 Å². The number of ether oxygens (including phenoxy) is 1. The number of hydrogen-bond acceptors (Lipinski definition) is 4. The number of rotatable bonds is 1. The molecule has 0 radical (unpaired) electrons. The summed E-state index contributed by atoms with van der Waals surface area (Å²) in [5.74, 6) is -1.08. The maximum Gasteiger partial charge on any atom is 0.410 e. The Morgan fingerprint density at radius 2 is 1.90 bits per heavy atom. The van der Waals surface area contributed by atoms with E-state index in [9.17, 15) is 14.7 Å². The van der Waals surface area contributed by atoms with Gasteiger partial charge in [-0.25, -0.2) is 4.79 Å². The first-order valence-electron chi connectivity index (χ1n) is 7.15. The molecule has 1 spiro atoms. The number of hydrogen-bond donors (Lipinski definition) is 2. The van der Waals surface area contributed by atoms with E-state index in [1.165, 1.54) is 0 Å². The lowest BCUT2D eigenvalue weighted by atomic mass is 9.71. The third kappa shape index (κ3) is 3.06. The Kier molecular flexibility index (Phi) is 3.95. The predicted molar refractivity (Wildman–Crippen MR) is 73.5 cm³/mol. The summed E-state index contributed by atoms with van der Waals surface area (Å²) in [4.78, 5) is 25.0. The highest BCUT2D eigenvalue weighted by atomic mass is 16.6. The average molecular weight is 284 g/mol. The first-order valence-corrected chi connectivity index (χ1v) is 7.15. The Balaban J connectivity index is 1.95. The summed E-state index contributed by atoms with van der Waals surface area (Å²) >= 11 is 0. The van der Waals surface area contributed by atoms with Gasteiger partial charge in [-0.3, -0.25) is 4.79 Å². The highest BCUT2D eigenvalue weighted by Gasteiger charge is 2.49. The average Bonchev–Trinajstić information content (AvgIpc) is 2.71.